The van der Waals surface area contributed by atoms with Gasteiger partial charge in [-0.15, -0.1) is 11.6 Å². The zero-order valence-electron chi connectivity index (χ0n) is 11.3. The van der Waals surface area contributed by atoms with Gasteiger partial charge in [0.15, 0.2) is 0 Å². The fraction of sp³-hybridized carbons (Fsp3) is 0.375. The number of aromatic nitrogens is 1. The molecule has 4 heteroatoms. The summed E-state index contributed by atoms with van der Waals surface area (Å²) >= 11 is 5.79. The Labute approximate surface area is 123 Å². The maximum absolute atomic E-state index is 12.7. The number of alkyl halides is 1. The van der Waals surface area contributed by atoms with Crippen LogP contribution in [-0.4, -0.2) is 34.8 Å². The smallest absolute Gasteiger partial charge is 0.254 e. The van der Waals surface area contributed by atoms with Gasteiger partial charge in [-0.25, -0.2) is 0 Å². The molecule has 1 amide bonds. The summed E-state index contributed by atoms with van der Waals surface area (Å²) in [6.45, 7) is 1.65. The lowest BCUT2D eigenvalue weighted by Gasteiger charge is -2.17. The number of benzene rings is 1. The normalized spacial score (nSPS) is 18.6. The Kier molecular flexibility index (Phi) is 3.88. The van der Waals surface area contributed by atoms with Crippen molar-refractivity contribution in [2.45, 2.75) is 12.8 Å². The van der Waals surface area contributed by atoms with Gasteiger partial charge in [-0.3, -0.25) is 9.78 Å². The van der Waals surface area contributed by atoms with Crippen LogP contribution >= 0.6 is 11.6 Å². The van der Waals surface area contributed by atoms with Crippen molar-refractivity contribution in [3.8, 4) is 0 Å². The molecule has 0 bridgehead atoms. The lowest BCUT2D eigenvalue weighted by Crippen LogP contribution is -2.28. The summed E-state index contributed by atoms with van der Waals surface area (Å²) in [5.41, 5.74) is 1.62. The van der Waals surface area contributed by atoms with E-state index in [-0.39, 0.29) is 5.91 Å². The van der Waals surface area contributed by atoms with Crippen LogP contribution in [0.3, 0.4) is 0 Å². The molecule has 1 aliphatic heterocycles. The summed E-state index contributed by atoms with van der Waals surface area (Å²) in [6, 6.07) is 9.56. The highest BCUT2D eigenvalue weighted by atomic mass is 35.5. The standard InChI is InChI=1S/C16H17ClN2O/c17-8-6-12-7-10-19(11-12)16(20)14-3-1-5-15-13(14)4-2-9-18-15/h1-5,9,12H,6-8,10-11H2. The van der Waals surface area contributed by atoms with Crippen molar-refractivity contribution in [3.63, 3.8) is 0 Å². The van der Waals surface area contributed by atoms with Gasteiger partial charge in [0, 0.05) is 36.1 Å². The van der Waals surface area contributed by atoms with Gasteiger partial charge in [0.2, 0.25) is 0 Å². The van der Waals surface area contributed by atoms with Gasteiger partial charge in [0.25, 0.3) is 5.91 Å². The van der Waals surface area contributed by atoms with E-state index in [4.69, 9.17) is 11.6 Å². The monoisotopic (exact) mass is 288 g/mol. The molecular formula is C16H17ClN2O. The van der Waals surface area contributed by atoms with Crippen LogP contribution in [0.5, 0.6) is 0 Å². The first-order valence-corrected chi connectivity index (χ1v) is 7.52. The molecule has 0 spiro atoms. The van der Waals surface area contributed by atoms with Crippen LogP contribution in [0.4, 0.5) is 0 Å². The third kappa shape index (κ3) is 2.50. The maximum atomic E-state index is 12.7. The fourth-order valence-electron chi connectivity index (χ4n) is 2.87. The molecule has 0 N–H and O–H groups in total. The highest BCUT2D eigenvalue weighted by Gasteiger charge is 2.27. The van der Waals surface area contributed by atoms with Crippen LogP contribution in [0, 0.1) is 5.92 Å². The third-order valence-corrected chi connectivity index (χ3v) is 4.18. The van der Waals surface area contributed by atoms with Crippen LogP contribution in [0.25, 0.3) is 10.9 Å². The Morgan fingerprint density at radius 1 is 1.35 bits per heavy atom. The van der Waals surface area contributed by atoms with E-state index >= 15 is 0 Å². The second-order valence-corrected chi connectivity index (χ2v) is 5.64. The zero-order chi connectivity index (χ0) is 13.9. The Morgan fingerprint density at radius 2 is 2.25 bits per heavy atom. The minimum Gasteiger partial charge on any atom is -0.338 e. The third-order valence-electron chi connectivity index (χ3n) is 3.97. The summed E-state index contributed by atoms with van der Waals surface area (Å²) in [7, 11) is 0. The van der Waals surface area contributed by atoms with Crippen molar-refractivity contribution in [1.82, 2.24) is 9.88 Å². The molecule has 1 aromatic carbocycles. The maximum Gasteiger partial charge on any atom is 0.254 e. The minimum absolute atomic E-state index is 0.112. The number of carbonyl (C=O) groups excluding carboxylic acids is 1. The Bertz CT molecular complexity index is 623. The van der Waals surface area contributed by atoms with Crippen LogP contribution in [0.2, 0.25) is 0 Å². The molecule has 1 aliphatic rings. The second-order valence-electron chi connectivity index (χ2n) is 5.26. The van der Waals surface area contributed by atoms with Crippen molar-refractivity contribution in [3.05, 3.63) is 42.1 Å². The summed E-state index contributed by atoms with van der Waals surface area (Å²) in [5, 5.41) is 0.931. The summed E-state index contributed by atoms with van der Waals surface area (Å²) in [6.07, 6.45) is 3.80. The van der Waals surface area contributed by atoms with E-state index < -0.39 is 0 Å². The number of likely N-dealkylation sites (tertiary alicyclic amines) is 1. The van der Waals surface area contributed by atoms with Crippen LogP contribution in [0.1, 0.15) is 23.2 Å². The van der Waals surface area contributed by atoms with Gasteiger partial charge in [-0.05, 0) is 37.0 Å². The van der Waals surface area contributed by atoms with Crippen molar-refractivity contribution >= 4 is 28.4 Å². The van der Waals surface area contributed by atoms with E-state index in [2.05, 4.69) is 4.98 Å². The number of fused-ring (bicyclic) bond motifs is 1. The highest BCUT2D eigenvalue weighted by molar-refractivity contribution is 6.17. The fourth-order valence-corrected chi connectivity index (χ4v) is 3.18. The van der Waals surface area contributed by atoms with Crippen LogP contribution in [-0.2, 0) is 0 Å². The summed E-state index contributed by atoms with van der Waals surface area (Å²) in [5.74, 6) is 1.33. The number of amides is 1. The number of halogens is 1. The molecule has 1 aromatic heterocycles. The first kappa shape index (κ1) is 13.4. The molecule has 0 radical (unpaired) electrons. The number of nitrogens with zero attached hydrogens (tertiary/aromatic N) is 2. The van der Waals surface area contributed by atoms with E-state index in [1.807, 2.05) is 35.2 Å². The molecule has 1 atom stereocenters. The highest BCUT2D eigenvalue weighted by Crippen LogP contribution is 2.24. The van der Waals surface area contributed by atoms with E-state index in [0.717, 1.165) is 42.4 Å². The molecule has 1 unspecified atom stereocenters. The topological polar surface area (TPSA) is 33.2 Å². The number of carbonyl (C=O) groups is 1. The van der Waals surface area contributed by atoms with Crippen molar-refractivity contribution in [1.29, 1.82) is 0 Å². The largest absolute Gasteiger partial charge is 0.338 e. The molecule has 1 saturated heterocycles. The van der Waals surface area contributed by atoms with Gasteiger partial charge >= 0.3 is 0 Å². The van der Waals surface area contributed by atoms with Gasteiger partial charge in [-0.2, -0.15) is 0 Å². The van der Waals surface area contributed by atoms with Gasteiger partial charge in [-0.1, -0.05) is 12.1 Å². The number of rotatable bonds is 3. The van der Waals surface area contributed by atoms with Crippen molar-refractivity contribution in [2.75, 3.05) is 19.0 Å². The lowest BCUT2D eigenvalue weighted by atomic mass is 10.1. The Balaban J connectivity index is 1.86. The molecule has 1 fully saturated rings. The molecular weight excluding hydrogens is 272 g/mol. The number of hydrogen-bond donors (Lipinski definition) is 0. The minimum atomic E-state index is 0.112. The van der Waals surface area contributed by atoms with Gasteiger partial charge < -0.3 is 4.90 Å². The Hall–Kier alpha value is -1.61. The SMILES string of the molecule is O=C(c1cccc2ncccc12)N1CCC(CCCl)C1. The Morgan fingerprint density at radius 3 is 3.10 bits per heavy atom. The predicted molar refractivity (Wildman–Crippen MR) is 81.1 cm³/mol. The lowest BCUT2D eigenvalue weighted by molar-refractivity contribution is 0.0789. The summed E-state index contributed by atoms with van der Waals surface area (Å²) in [4.78, 5) is 18.9. The van der Waals surface area contributed by atoms with Gasteiger partial charge in [0.1, 0.15) is 0 Å². The summed E-state index contributed by atoms with van der Waals surface area (Å²) < 4.78 is 0. The average molecular weight is 289 g/mol. The average Bonchev–Trinajstić information content (AvgIpc) is 2.95. The van der Waals surface area contributed by atoms with Crippen molar-refractivity contribution in [2.24, 2.45) is 5.92 Å². The molecule has 3 nitrogen and oxygen atoms in total. The van der Waals surface area contributed by atoms with Crippen LogP contribution in [0.15, 0.2) is 36.5 Å². The van der Waals surface area contributed by atoms with E-state index in [1.54, 1.807) is 6.20 Å². The van der Waals surface area contributed by atoms with E-state index in [1.165, 1.54) is 0 Å². The molecule has 20 heavy (non-hydrogen) atoms. The zero-order valence-corrected chi connectivity index (χ0v) is 12.0. The molecule has 2 heterocycles. The molecule has 104 valence electrons. The van der Waals surface area contributed by atoms with E-state index in [0.29, 0.717) is 11.8 Å². The van der Waals surface area contributed by atoms with Gasteiger partial charge in [0.05, 0.1) is 5.52 Å². The van der Waals surface area contributed by atoms with E-state index in [9.17, 15) is 4.79 Å². The molecule has 0 saturated carbocycles. The van der Waals surface area contributed by atoms with Crippen molar-refractivity contribution < 1.29 is 4.79 Å². The second kappa shape index (κ2) is 5.80. The first-order chi connectivity index (χ1) is 9.79. The number of hydrogen-bond acceptors (Lipinski definition) is 2. The first-order valence-electron chi connectivity index (χ1n) is 6.98. The molecule has 2 aromatic rings. The predicted octanol–water partition coefficient (Wildman–Crippen LogP) is 3.33. The number of pyridine rings is 1. The molecule has 3 rings (SSSR count). The molecule has 0 aliphatic carbocycles. The quantitative estimate of drug-likeness (QED) is 0.812. The van der Waals surface area contributed by atoms with Crippen LogP contribution < -0.4 is 0 Å².